The number of nitrogens with zero attached hydrogens (tertiary/aromatic N) is 2. The van der Waals surface area contributed by atoms with Gasteiger partial charge in [-0.3, -0.25) is 4.99 Å². The summed E-state index contributed by atoms with van der Waals surface area (Å²) in [5, 5.41) is 6.63. The molecule has 0 saturated heterocycles. The van der Waals surface area contributed by atoms with Crippen LogP contribution in [0.5, 0.6) is 0 Å². The first-order valence-corrected chi connectivity index (χ1v) is 8.37. The van der Waals surface area contributed by atoms with Crippen molar-refractivity contribution in [1.82, 2.24) is 10.6 Å². The van der Waals surface area contributed by atoms with Gasteiger partial charge in [0.15, 0.2) is 5.96 Å². The number of nitrogens with one attached hydrogen (secondary N) is 2. The van der Waals surface area contributed by atoms with Crippen molar-refractivity contribution in [3.8, 4) is 0 Å². The van der Waals surface area contributed by atoms with Gasteiger partial charge in [0.1, 0.15) is 0 Å². The normalized spacial score (nSPS) is 11.2. The van der Waals surface area contributed by atoms with E-state index >= 15 is 0 Å². The summed E-state index contributed by atoms with van der Waals surface area (Å²) in [6.45, 7) is 2.90. The minimum Gasteiger partial charge on any atom is -0.375 e. The van der Waals surface area contributed by atoms with Crippen molar-refractivity contribution in [2.45, 2.75) is 6.42 Å². The van der Waals surface area contributed by atoms with Crippen LogP contribution in [0, 0.1) is 0 Å². The number of aliphatic imine (C=N–C) groups is 1. The third-order valence-corrected chi connectivity index (χ3v) is 3.59. The van der Waals surface area contributed by atoms with Crippen molar-refractivity contribution in [3.63, 3.8) is 0 Å². The van der Waals surface area contributed by atoms with E-state index in [9.17, 15) is 0 Å². The SMILES string of the molecule is CN=C(NCCCN(C)c1ccccc1)NCCSC. The summed E-state index contributed by atoms with van der Waals surface area (Å²) in [4.78, 5) is 6.48. The monoisotopic (exact) mass is 294 g/mol. The maximum Gasteiger partial charge on any atom is 0.191 e. The van der Waals surface area contributed by atoms with Crippen LogP contribution < -0.4 is 15.5 Å². The molecule has 20 heavy (non-hydrogen) atoms. The van der Waals surface area contributed by atoms with Crippen molar-refractivity contribution in [3.05, 3.63) is 30.3 Å². The average molecular weight is 294 g/mol. The van der Waals surface area contributed by atoms with Crippen LogP contribution in [0.25, 0.3) is 0 Å². The Morgan fingerprint density at radius 2 is 1.90 bits per heavy atom. The molecular weight excluding hydrogens is 268 g/mol. The predicted octanol–water partition coefficient (Wildman–Crippen LogP) is 2.04. The van der Waals surface area contributed by atoms with Crippen molar-refractivity contribution in [2.24, 2.45) is 4.99 Å². The third kappa shape index (κ3) is 6.70. The van der Waals surface area contributed by atoms with E-state index in [-0.39, 0.29) is 0 Å². The average Bonchev–Trinajstić information content (AvgIpc) is 2.50. The van der Waals surface area contributed by atoms with Crippen molar-refractivity contribution in [2.75, 3.05) is 50.6 Å². The number of rotatable bonds is 8. The molecule has 1 rings (SSSR count). The van der Waals surface area contributed by atoms with Gasteiger partial charge in [-0.15, -0.1) is 0 Å². The highest BCUT2D eigenvalue weighted by Gasteiger charge is 2.00. The molecule has 0 spiro atoms. The summed E-state index contributed by atoms with van der Waals surface area (Å²) >= 11 is 1.83. The summed E-state index contributed by atoms with van der Waals surface area (Å²) in [6.07, 6.45) is 3.19. The van der Waals surface area contributed by atoms with Crippen molar-refractivity contribution < 1.29 is 0 Å². The quantitative estimate of drug-likeness (QED) is 0.437. The van der Waals surface area contributed by atoms with Crippen LogP contribution in [0.1, 0.15) is 6.42 Å². The molecule has 1 aromatic rings. The summed E-state index contributed by atoms with van der Waals surface area (Å²) in [5.41, 5.74) is 1.26. The van der Waals surface area contributed by atoms with Gasteiger partial charge >= 0.3 is 0 Å². The van der Waals surface area contributed by atoms with Crippen molar-refractivity contribution >= 4 is 23.4 Å². The second kappa shape index (κ2) is 10.4. The molecule has 0 atom stereocenters. The standard InChI is InChI=1S/C15H26N4S/c1-16-15(18-11-13-20-3)17-10-7-12-19(2)14-8-5-4-6-9-14/h4-6,8-9H,7,10-13H2,1-3H3,(H2,16,17,18). The van der Waals surface area contributed by atoms with Gasteiger partial charge in [0.25, 0.3) is 0 Å². The zero-order chi connectivity index (χ0) is 14.6. The Morgan fingerprint density at radius 3 is 2.55 bits per heavy atom. The summed E-state index contributed by atoms with van der Waals surface area (Å²) < 4.78 is 0. The maximum atomic E-state index is 4.21. The molecule has 0 radical (unpaired) electrons. The van der Waals surface area contributed by atoms with Crippen LogP contribution in [0.4, 0.5) is 5.69 Å². The summed E-state index contributed by atoms with van der Waals surface area (Å²) in [5.74, 6) is 1.98. The molecule has 0 aliphatic rings. The Kier molecular flexibility index (Phi) is 8.71. The highest BCUT2D eigenvalue weighted by Crippen LogP contribution is 2.10. The fourth-order valence-corrected chi connectivity index (χ4v) is 2.13. The lowest BCUT2D eigenvalue weighted by atomic mass is 10.3. The van der Waals surface area contributed by atoms with Crippen LogP contribution in [0.15, 0.2) is 35.3 Å². The Labute approximate surface area is 127 Å². The molecule has 0 aromatic heterocycles. The molecular formula is C15H26N4S. The number of anilines is 1. The highest BCUT2D eigenvalue weighted by molar-refractivity contribution is 7.98. The number of hydrogen-bond acceptors (Lipinski definition) is 3. The van der Waals surface area contributed by atoms with Gasteiger partial charge in [-0.05, 0) is 24.8 Å². The van der Waals surface area contributed by atoms with Crippen molar-refractivity contribution in [1.29, 1.82) is 0 Å². The lowest BCUT2D eigenvalue weighted by molar-refractivity contribution is 0.734. The molecule has 0 aliphatic heterocycles. The Balaban J connectivity index is 2.17. The molecule has 2 N–H and O–H groups in total. The molecule has 0 amide bonds. The maximum absolute atomic E-state index is 4.21. The fourth-order valence-electron chi connectivity index (χ4n) is 1.83. The van der Waals surface area contributed by atoms with Gasteiger partial charge < -0.3 is 15.5 Å². The van der Waals surface area contributed by atoms with E-state index in [1.165, 1.54) is 5.69 Å². The van der Waals surface area contributed by atoms with E-state index in [0.29, 0.717) is 0 Å². The number of guanidine groups is 1. The highest BCUT2D eigenvalue weighted by atomic mass is 32.2. The molecule has 0 bridgehead atoms. The molecule has 0 fully saturated rings. The topological polar surface area (TPSA) is 39.7 Å². The number of para-hydroxylation sites is 1. The molecule has 4 nitrogen and oxygen atoms in total. The minimum absolute atomic E-state index is 0.890. The summed E-state index contributed by atoms with van der Waals surface area (Å²) in [6, 6.07) is 10.5. The first-order chi connectivity index (χ1) is 9.77. The molecule has 0 unspecified atom stereocenters. The second-order valence-corrected chi connectivity index (χ2v) is 5.51. The van der Waals surface area contributed by atoms with E-state index in [2.05, 4.69) is 58.1 Å². The van der Waals surface area contributed by atoms with Crippen LogP contribution in [-0.2, 0) is 0 Å². The summed E-state index contributed by atoms with van der Waals surface area (Å²) in [7, 11) is 3.94. The largest absolute Gasteiger partial charge is 0.375 e. The Morgan fingerprint density at radius 1 is 1.20 bits per heavy atom. The lowest BCUT2D eigenvalue weighted by Gasteiger charge is -2.19. The molecule has 0 aliphatic carbocycles. The molecule has 112 valence electrons. The van der Waals surface area contributed by atoms with Crippen LogP contribution in [-0.4, -0.2) is 51.7 Å². The second-order valence-electron chi connectivity index (χ2n) is 4.53. The number of thioether (sulfide) groups is 1. The van der Waals surface area contributed by atoms with E-state index in [1.807, 2.05) is 24.9 Å². The smallest absolute Gasteiger partial charge is 0.191 e. The third-order valence-electron chi connectivity index (χ3n) is 2.98. The van der Waals surface area contributed by atoms with E-state index in [1.54, 1.807) is 0 Å². The fraction of sp³-hybridized carbons (Fsp3) is 0.533. The van der Waals surface area contributed by atoms with E-state index in [0.717, 1.165) is 37.8 Å². The van der Waals surface area contributed by atoms with E-state index < -0.39 is 0 Å². The number of benzene rings is 1. The predicted molar refractivity (Wildman–Crippen MR) is 92.1 cm³/mol. The van der Waals surface area contributed by atoms with Crippen LogP contribution >= 0.6 is 11.8 Å². The Bertz CT molecular complexity index is 381. The molecule has 0 heterocycles. The van der Waals surface area contributed by atoms with E-state index in [4.69, 9.17) is 0 Å². The van der Waals surface area contributed by atoms with Gasteiger partial charge in [-0.1, -0.05) is 18.2 Å². The molecule has 5 heteroatoms. The Hall–Kier alpha value is -1.36. The van der Waals surface area contributed by atoms with Gasteiger partial charge in [0.2, 0.25) is 0 Å². The zero-order valence-corrected chi connectivity index (χ0v) is 13.5. The lowest BCUT2D eigenvalue weighted by Crippen LogP contribution is -2.39. The van der Waals surface area contributed by atoms with Gasteiger partial charge in [-0.25, -0.2) is 0 Å². The van der Waals surface area contributed by atoms with Gasteiger partial charge in [-0.2, -0.15) is 11.8 Å². The number of hydrogen-bond donors (Lipinski definition) is 2. The first-order valence-electron chi connectivity index (χ1n) is 6.97. The molecule has 1 aromatic carbocycles. The minimum atomic E-state index is 0.890. The molecule has 0 saturated carbocycles. The van der Waals surface area contributed by atoms with Crippen LogP contribution in [0.3, 0.4) is 0 Å². The first kappa shape index (κ1) is 16.7. The zero-order valence-electron chi connectivity index (χ0n) is 12.7. The van der Waals surface area contributed by atoms with Gasteiger partial charge in [0.05, 0.1) is 0 Å². The van der Waals surface area contributed by atoms with Gasteiger partial charge in [0, 0.05) is 45.2 Å². The van der Waals surface area contributed by atoms with Crippen LogP contribution in [0.2, 0.25) is 0 Å².